The summed E-state index contributed by atoms with van der Waals surface area (Å²) in [5.41, 5.74) is -1.59. The molecule has 6 N–H and O–H groups in total. The second-order valence-electron chi connectivity index (χ2n) is 11.9. The monoisotopic (exact) mass is 530 g/mol. The molecule has 6 nitrogen and oxygen atoms in total. The fraction of sp³-hybridized carbons (Fsp3) is 1.00. The highest BCUT2D eigenvalue weighted by Crippen LogP contribution is 2.65. The van der Waals surface area contributed by atoms with E-state index >= 15 is 0 Å². The van der Waals surface area contributed by atoms with Crippen LogP contribution >= 0.6 is 0 Å². The molecule has 0 amide bonds. The van der Waals surface area contributed by atoms with Crippen LogP contribution in [-0.4, -0.2) is 70.3 Å². The maximum Gasteiger partial charge on any atom is 0.0436 e. The van der Waals surface area contributed by atoms with E-state index in [1.807, 2.05) is 0 Å². The van der Waals surface area contributed by atoms with Gasteiger partial charge in [-0.05, 0) is 67.6 Å². The summed E-state index contributed by atoms with van der Waals surface area (Å²) >= 11 is 0. The van der Waals surface area contributed by atoms with Crippen molar-refractivity contribution >= 4 is 0 Å². The molecule has 0 aromatic rings. The van der Waals surface area contributed by atoms with Crippen molar-refractivity contribution in [3.05, 3.63) is 0 Å². The molecule has 1 fully saturated rings. The van der Waals surface area contributed by atoms with E-state index in [1.54, 1.807) is 0 Å². The van der Waals surface area contributed by atoms with Crippen molar-refractivity contribution in [1.82, 2.24) is 0 Å². The van der Waals surface area contributed by atoms with Crippen LogP contribution in [-0.2, 0) is 0 Å². The highest BCUT2D eigenvalue weighted by Gasteiger charge is 2.59. The predicted octanol–water partition coefficient (Wildman–Crippen LogP) is 5.50. The Balaban J connectivity index is 3.55. The van der Waals surface area contributed by atoms with Gasteiger partial charge in [0.2, 0.25) is 0 Å². The SMILES string of the molecule is OCCC1(CCO)CCCCCCCCCCCCCCCCC(CCO)(CCO)C1(CCO)CCO. The maximum atomic E-state index is 10.4. The maximum absolute atomic E-state index is 10.4. The molecule has 6 heteroatoms. The molecular formula is C31H62O6. The number of aliphatic hydroxyl groups excluding tert-OH is 6. The molecule has 0 radical (unpaired) electrons. The van der Waals surface area contributed by atoms with Gasteiger partial charge >= 0.3 is 0 Å². The molecule has 0 bridgehead atoms. The van der Waals surface area contributed by atoms with Crippen LogP contribution < -0.4 is 0 Å². The fourth-order valence-corrected chi connectivity index (χ4v) is 8.22. The Morgan fingerprint density at radius 3 is 0.730 bits per heavy atom. The summed E-state index contributed by atoms with van der Waals surface area (Å²) in [5.74, 6) is 0. The molecule has 0 aromatic heterocycles. The summed E-state index contributed by atoms with van der Waals surface area (Å²) in [6, 6.07) is 0. The van der Waals surface area contributed by atoms with Crippen LogP contribution in [0.5, 0.6) is 0 Å². The van der Waals surface area contributed by atoms with Crippen molar-refractivity contribution in [3.8, 4) is 0 Å². The van der Waals surface area contributed by atoms with Gasteiger partial charge in [-0.25, -0.2) is 0 Å². The first-order valence-electron chi connectivity index (χ1n) is 15.7. The topological polar surface area (TPSA) is 121 Å². The highest BCUT2D eigenvalue weighted by atomic mass is 16.3. The van der Waals surface area contributed by atoms with Gasteiger partial charge in [0.1, 0.15) is 0 Å². The lowest BCUT2D eigenvalue weighted by molar-refractivity contribution is -0.159. The standard InChI is InChI=1S/C31H62O6/c32-23-17-29(18-24-33)15-13-11-9-7-5-3-1-2-4-6-8-10-12-14-16-30(19-25-34,20-26-35)31(29,21-27-36)22-28-37/h32-37H,1-28H2. The summed E-state index contributed by atoms with van der Waals surface area (Å²) in [7, 11) is 0. The molecule has 1 aliphatic rings. The predicted molar refractivity (Wildman–Crippen MR) is 151 cm³/mol. The Kier molecular flexibility index (Phi) is 19.4. The van der Waals surface area contributed by atoms with Crippen LogP contribution in [0.1, 0.15) is 141 Å². The number of hydrogen-bond acceptors (Lipinski definition) is 6. The van der Waals surface area contributed by atoms with Crippen molar-refractivity contribution in [2.75, 3.05) is 39.6 Å². The van der Waals surface area contributed by atoms with Crippen LogP contribution in [0.4, 0.5) is 0 Å². The van der Waals surface area contributed by atoms with E-state index in [4.69, 9.17) is 0 Å². The third-order valence-corrected chi connectivity index (χ3v) is 10.0. The van der Waals surface area contributed by atoms with Crippen molar-refractivity contribution < 1.29 is 30.6 Å². The van der Waals surface area contributed by atoms with Crippen molar-refractivity contribution in [1.29, 1.82) is 0 Å². The molecule has 1 saturated carbocycles. The molecule has 1 aliphatic carbocycles. The van der Waals surface area contributed by atoms with E-state index < -0.39 is 16.2 Å². The third kappa shape index (κ3) is 10.3. The molecule has 1 rings (SSSR count). The molecular weight excluding hydrogens is 468 g/mol. The first-order chi connectivity index (χ1) is 18.1. The molecule has 222 valence electrons. The lowest BCUT2D eigenvalue weighted by Crippen LogP contribution is -2.56. The number of aliphatic hydroxyl groups is 6. The van der Waals surface area contributed by atoms with Gasteiger partial charge in [-0.3, -0.25) is 0 Å². The van der Waals surface area contributed by atoms with Gasteiger partial charge < -0.3 is 30.6 Å². The summed E-state index contributed by atoms with van der Waals surface area (Å²) in [6.45, 7) is -0.200. The zero-order valence-corrected chi connectivity index (χ0v) is 24.0. The van der Waals surface area contributed by atoms with Crippen molar-refractivity contribution in [2.45, 2.75) is 141 Å². The average molecular weight is 531 g/mol. The third-order valence-electron chi connectivity index (χ3n) is 10.0. The minimum atomic E-state index is -0.608. The van der Waals surface area contributed by atoms with Crippen LogP contribution in [0.25, 0.3) is 0 Å². The van der Waals surface area contributed by atoms with E-state index in [-0.39, 0.29) is 39.6 Å². The summed E-state index contributed by atoms with van der Waals surface area (Å²) in [6.07, 6.45) is 21.4. The second kappa shape index (κ2) is 20.6. The normalized spacial score (nSPS) is 22.5. The lowest BCUT2D eigenvalue weighted by atomic mass is 9.42. The number of hydrogen-bond donors (Lipinski definition) is 6. The zero-order valence-electron chi connectivity index (χ0n) is 24.0. The molecule has 0 spiro atoms. The van der Waals surface area contributed by atoms with E-state index in [9.17, 15) is 30.6 Å². The Hall–Kier alpha value is -0.240. The van der Waals surface area contributed by atoms with Gasteiger partial charge in [0.15, 0.2) is 0 Å². The number of rotatable bonds is 12. The van der Waals surface area contributed by atoms with Gasteiger partial charge in [-0.1, -0.05) is 89.9 Å². The summed E-state index contributed by atoms with van der Waals surface area (Å²) < 4.78 is 0. The summed E-state index contributed by atoms with van der Waals surface area (Å²) in [4.78, 5) is 0. The fourth-order valence-electron chi connectivity index (χ4n) is 8.22. The van der Waals surface area contributed by atoms with Crippen LogP contribution in [0, 0.1) is 16.2 Å². The van der Waals surface area contributed by atoms with Gasteiger partial charge in [0, 0.05) is 39.6 Å². The zero-order chi connectivity index (χ0) is 27.3. The molecule has 0 atom stereocenters. The molecule has 0 unspecified atom stereocenters. The first kappa shape index (κ1) is 34.8. The van der Waals surface area contributed by atoms with Crippen LogP contribution in [0.3, 0.4) is 0 Å². The molecule has 37 heavy (non-hydrogen) atoms. The van der Waals surface area contributed by atoms with Crippen LogP contribution in [0.2, 0.25) is 0 Å². The minimum absolute atomic E-state index is 0.0209. The minimum Gasteiger partial charge on any atom is -0.396 e. The molecule has 0 heterocycles. The van der Waals surface area contributed by atoms with Gasteiger partial charge in [0.25, 0.3) is 0 Å². The molecule has 0 aromatic carbocycles. The molecule has 0 saturated heterocycles. The molecule has 0 aliphatic heterocycles. The van der Waals surface area contributed by atoms with Crippen molar-refractivity contribution in [3.63, 3.8) is 0 Å². The van der Waals surface area contributed by atoms with Crippen molar-refractivity contribution in [2.24, 2.45) is 16.2 Å². The Bertz CT molecular complexity index is 468. The highest BCUT2D eigenvalue weighted by molar-refractivity contribution is 5.08. The second-order valence-corrected chi connectivity index (χ2v) is 11.9. The van der Waals surface area contributed by atoms with E-state index in [0.717, 1.165) is 38.5 Å². The first-order valence-corrected chi connectivity index (χ1v) is 15.7. The van der Waals surface area contributed by atoms with E-state index in [1.165, 1.54) is 64.2 Å². The lowest BCUT2D eigenvalue weighted by Gasteiger charge is -2.62. The Morgan fingerprint density at radius 1 is 0.297 bits per heavy atom. The quantitative estimate of drug-likeness (QED) is 0.198. The van der Waals surface area contributed by atoms with Crippen LogP contribution in [0.15, 0.2) is 0 Å². The average Bonchev–Trinajstić information content (AvgIpc) is 2.88. The van der Waals surface area contributed by atoms with Gasteiger partial charge in [-0.2, -0.15) is 0 Å². The largest absolute Gasteiger partial charge is 0.396 e. The van der Waals surface area contributed by atoms with E-state index in [2.05, 4.69) is 0 Å². The Morgan fingerprint density at radius 2 is 0.514 bits per heavy atom. The van der Waals surface area contributed by atoms with Gasteiger partial charge in [-0.15, -0.1) is 0 Å². The smallest absolute Gasteiger partial charge is 0.0436 e. The Labute approximate surface area is 227 Å². The van der Waals surface area contributed by atoms with E-state index in [0.29, 0.717) is 38.5 Å². The van der Waals surface area contributed by atoms with Gasteiger partial charge in [0.05, 0.1) is 0 Å². The summed E-state index contributed by atoms with van der Waals surface area (Å²) in [5, 5.41) is 62.2.